The van der Waals surface area contributed by atoms with Crippen LogP contribution >= 0.6 is 11.6 Å². The molecule has 0 radical (unpaired) electrons. The number of halogens is 1. The second-order valence-electron chi connectivity index (χ2n) is 8.16. The predicted octanol–water partition coefficient (Wildman–Crippen LogP) is 2.81. The minimum absolute atomic E-state index is 0.268. The number of hydrogen-bond donors (Lipinski definition) is 0. The standard InChI is InChI=1S/C24H20ClN3O6/c1-26-19-10-9-13(11-20(19)34-24(26)32)27-12-16(22(30)33-2)21(29)28(23(27)31)18-8-4-5-14-15(18)6-3-7-17(14)25/h3,6-7,9-12,18H,4-5,8H2,1-2H3/t18-/m1/s1. The van der Waals surface area contributed by atoms with Crippen molar-refractivity contribution in [1.82, 2.24) is 13.7 Å². The van der Waals surface area contributed by atoms with Gasteiger partial charge in [-0.2, -0.15) is 0 Å². The smallest absolute Gasteiger partial charge is 0.419 e. The lowest BCUT2D eigenvalue weighted by molar-refractivity contribution is 0.0596. The van der Waals surface area contributed by atoms with Gasteiger partial charge in [-0.25, -0.2) is 14.4 Å². The van der Waals surface area contributed by atoms with Gasteiger partial charge in [-0.15, -0.1) is 0 Å². The van der Waals surface area contributed by atoms with E-state index in [1.807, 2.05) is 6.07 Å². The van der Waals surface area contributed by atoms with Crippen LogP contribution in [0.5, 0.6) is 0 Å². The van der Waals surface area contributed by atoms with Crippen LogP contribution in [0.2, 0.25) is 5.02 Å². The Morgan fingerprint density at radius 3 is 2.74 bits per heavy atom. The minimum Gasteiger partial charge on any atom is -0.465 e. The summed E-state index contributed by atoms with van der Waals surface area (Å²) < 4.78 is 13.7. The maximum absolute atomic E-state index is 13.7. The summed E-state index contributed by atoms with van der Waals surface area (Å²) in [6.07, 6.45) is 3.14. The molecule has 174 valence electrons. The third kappa shape index (κ3) is 3.31. The van der Waals surface area contributed by atoms with Crippen molar-refractivity contribution >= 4 is 28.7 Å². The molecule has 5 rings (SSSR count). The quantitative estimate of drug-likeness (QED) is 0.417. The van der Waals surface area contributed by atoms with E-state index in [2.05, 4.69) is 0 Å². The maximum Gasteiger partial charge on any atom is 0.419 e. The second-order valence-corrected chi connectivity index (χ2v) is 8.56. The van der Waals surface area contributed by atoms with Crippen LogP contribution in [0.3, 0.4) is 0 Å². The van der Waals surface area contributed by atoms with Crippen molar-refractivity contribution in [3.05, 3.63) is 95.7 Å². The summed E-state index contributed by atoms with van der Waals surface area (Å²) in [5.41, 5.74) is 1.14. The van der Waals surface area contributed by atoms with Crippen LogP contribution in [-0.2, 0) is 18.2 Å². The Balaban J connectivity index is 1.80. The number of benzene rings is 2. The molecule has 0 fully saturated rings. The summed E-state index contributed by atoms with van der Waals surface area (Å²) in [6, 6.07) is 9.55. The molecule has 0 saturated heterocycles. The highest BCUT2D eigenvalue weighted by molar-refractivity contribution is 6.31. The zero-order chi connectivity index (χ0) is 24.1. The van der Waals surface area contributed by atoms with Crippen molar-refractivity contribution in [1.29, 1.82) is 0 Å². The van der Waals surface area contributed by atoms with Crippen LogP contribution in [0.4, 0.5) is 0 Å². The van der Waals surface area contributed by atoms with Gasteiger partial charge in [0, 0.05) is 24.3 Å². The summed E-state index contributed by atoms with van der Waals surface area (Å²) in [6.45, 7) is 0. The highest BCUT2D eigenvalue weighted by atomic mass is 35.5. The number of aromatic nitrogens is 3. The Bertz CT molecular complexity index is 1640. The number of rotatable bonds is 3. The van der Waals surface area contributed by atoms with E-state index < -0.39 is 29.0 Å². The van der Waals surface area contributed by atoms with Gasteiger partial charge in [-0.1, -0.05) is 23.7 Å². The highest BCUT2D eigenvalue weighted by Gasteiger charge is 2.29. The van der Waals surface area contributed by atoms with E-state index in [0.29, 0.717) is 22.6 Å². The largest absolute Gasteiger partial charge is 0.465 e. The lowest BCUT2D eigenvalue weighted by Gasteiger charge is -2.28. The summed E-state index contributed by atoms with van der Waals surface area (Å²) >= 11 is 6.39. The summed E-state index contributed by atoms with van der Waals surface area (Å²) in [5.74, 6) is -1.41. The van der Waals surface area contributed by atoms with Crippen molar-refractivity contribution < 1.29 is 13.9 Å². The van der Waals surface area contributed by atoms with Crippen LogP contribution < -0.4 is 17.0 Å². The van der Waals surface area contributed by atoms with Crippen LogP contribution in [0, 0.1) is 0 Å². The summed E-state index contributed by atoms with van der Waals surface area (Å²) in [4.78, 5) is 51.5. The lowest BCUT2D eigenvalue weighted by atomic mass is 9.87. The minimum atomic E-state index is -0.859. The van der Waals surface area contributed by atoms with E-state index in [-0.39, 0.29) is 11.1 Å². The van der Waals surface area contributed by atoms with Crippen molar-refractivity contribution in [2.75, 3.05) is 7.11 Å². The van der Waals surface area contributed by atoms with Crippen molar-refractivity contribution in [3.8, 4) is 5.69 Å². The Morgan fingerprint density at radius 1 is 1.18 bits per heavy atom. The number of hydrogen-bond acceptors (Lipinski definition) is 6. The number of esters is 1. The van der Waals surface area contributed by atoms with E-state index in [1.165, 1.54) is 22.3 Å². The van der Waals surface area contributed by atoms with Gasteiger partial charge in [-0.3, -0.25) is 18.5 Å². The van der Waals surface area contributed by atoms with Gasteiger partial charge in [-0.05, 0) is 48.6 Å². The van der Waals surface area contributed by atoms with E-state index in [9.17, 15) is 19.2 Å². The maximum atomic E-state index is 13.7. The van der Waals surface area contributed by atoms with Gasteiger partial charge >= 0.3 is 17.4 Å². The number of carbonyl (C=O) groups is 1. The molecule has 1 aliphatic carbocycles. The third-order valence-electron chi connectivity index (χ3n) is 6.31. The molecule has 2 aromatic carbocycles. The first-order chi connectivity index (χ1) is 16.3. The number of fused-ring (bicyclic) bond motifs is 2. The van der Waals surface area contributed by atoms with Gasteiger partial charge in [0.15, 0.2) is 5.58 Å². The highest BCUT2D eigenvalue weighted by Crippen LogP contribution is 2.35. The van der Waals surface area contributed by atoms with Crippen molar-refractivity contribution in [2.45, 2.75) is 25.3 Å². The zero-order valence-corrected chi connectivity index (χ0v) is 19.2. The molecule has 1 atom stereocenters. The Kier molecular flexibility index (Phi) is 5.28. The molecular weight excluding hydrogens is 462 g/mol. The van der Waals surface area contributed by atoms with Gasteiger partial charge in [0.2, 0.25) is 0 Å². The summed E-state index contributed by atoms with van der Waals surface area (Å²) in [5, 5.41) is 0.573. The molecule has 0 unspecified atom stereocenters. The number of ether oxygens (including phenoxy) is 1. The fourth-order valence-corrected chi connectivity index (χ4v) is 4.88. The molecule has 2 heterocycles. The first-order valence-electron chi connectivity index (χ1n) is 10.7. The average molecular weight is 482 g/mol. The lowest BCUT2D eigenvalue weighted by Crippen LogP contribution is -2.45. The first kappa shape index (κ1) is 22.0. The Hall–Kier alpha value is -3.85. The number of aryl methyl sites for hydroxylation is 1. The second kappa shape index (κ2) is 8.18. The fraction of sp³-hybridized carbons (Fsp3) is 0.250. The molecule has 0 N–H and O–H groups in total. The van der Waals surface area contributed by atoms with Crippen molar-refractivity contribution in [2.24, 2.45) is 7.05 Å². The normalized spacial score (nSPS) is 15.3. The molecule has 9 nitrogen and oxygen atoms in total. The first-order valence-corrected chi connectivity index (χ1v) is 11.0. The molecule has 34 heavy (non-hydrogen) atoms. The van der Waals surface area contributed by atoms with Crippen LogP contribution in [0.1, 0.15) is 40.4 Å². The summed E-state index contributed by atoms with van der Waals surface area (Å²) in [7, 11) is 2.74. The van der Waals surface area contributed by atoms with E-state index in [1.54, 1.807) is 31.3 Å². The third-order valence-corrected chi connectivity index (χ3v) is 6.66. The van der Waals surface area contributed by atoms with Crippen LogP contribution in [-0.4, -0.2) is 26.8 Å². The van der Waals surface area contributed by atoms with Crippen LogP contribution in [0.25, 0.3) is 16.8 Å². The van der Waals surface area contributed by atoms with E-state index in [4.69, 9.17) is 20.8 Å². The molecule has 2 aromatic heterocycles. The fourth-order valence-electron chi connectivity index (χ4n) is 4.60. The number of carbonyl (C=O) groups excluding carboxylic acids is 1. The number of methoxy groups -OCH3 is 1. The van der Waals surface area contributed by atoms with Gasteiger partial charge in [0.25, 0.3) is 5.56 Å². The topological polar surface area (TPSA) is 105 Å². The van der Waals surface area contributed by atoms with E-state index in [0.717, 1.165) is 34.7 Å². The molecular formula is C24H20ClN3O6. The zero-order valence-electron chi connectivity index (χ0n) is 18.4. The molecule has 0 spiro atoms. The molecule has 0 saturated carbocycles. The van der Waals surface area contributed by atoms with Gasteiger partial charge in [0.1, 0.15) is 5.56 Å². The van der Waals surface area contributed by atoms with Gasteiger partial charge in [0.05, 0.1) is 24.4 Å². The number of oxazole rings is 1. The van der Waals surface area contributed by atoms with Crippen molar-refractivity contribution in [3.63, 3.8) is 0 Å². The van der Waals surface area contributed by atoms with E-state index >= 15 is 0 Å². The molecule has 0 amide bonds. The van der Waals surface area contributed by atoms with Crippen LogP contribution in [0.15, 0.2) is 61.4 Å². The predicted molar refractivity (Wildman–Crippen MR) is 125 cm³/mol. The van der Waals surface area contributed by atoms with Gasteiger partial charge < -0.3 is 9.15 Å². The molecule has 4 aromatic rings. The Labute approximate surface area is 197 Å². The number of nitrogens with zero attached hydrogens (tertiary/aromatic N) is 3. The Morgan fingerprint density at radius 2 is 1.97 bits per heavy atom. The molecule has 1 aliphatic rings. The SMILES string of the molecule is COC(=O)c1cn(-c2ccc3c(c2)oc(=O)n3C)c(=O)n([C@@H]2CCCc3c(Cl)cccc32)c1=O. The molecule has 10 heteroatoms. The average Bonchev–Trinajstić information content (AvgIpc) is 3.12. The molecule has 0 bridgehead atoms. The molecule has 0 aliphatic heterocycles. The monoisotopic (exact) mass is 481 g/mol.